The molecule has 11 rings (SSSR count). The van der Waals surface area contributed by atoms with Gasteiger partial charge >= 0.3 is 5.76 Å². The lowest BCUT2D eigenvalue weighted by molar-refractivity contribution is 0.0637. The van der Waals surface area contributed by atoms with Crippen LogP contribution in [0.1, 0.15) is 63.7 Å². The summed E-state index contributed by atoms with van der Waals surface area (Å²) in [5.41, 5.74) is 6.22. The number of rotatable bonds is 7. The van der Waals surface area contributed by atoms with Crippen molar-refractivity contribution >= 4 is 44.7 Å². The molecule has 2 N–H and O–H groups in total. The van der Waals surface area contributed by atoms with Gasteiger partial charge in [-0.15, -0.1) is 16.4 Å². The highest BCUT2D eigenvalue weighted by Gasteiger charge is 2.65. The van der Waals surface area contributed by atoms with Crippen LogP contribution < -0.4 is 11.1 Å². The Morgan fingerprint density at radius 2 is 1.92 bits per heavy atom. The normalized spacial score (nSPS) is 21.6. The number of halogens is 2. The molecule has 2 aliphatic carbocycles. The molecular weight excluding hydrogens is 663 g/mol. The van der Waals surface area contributed by atoms with Crippen molar-refractivity contribution in [2.45, 2.75) is 50.1 Å². The molecule has 4 aromatic heterocycles. The molecule has 1 saturated carbocycles. The van der Waals surface area contributed by atoms with Crippen LogP contribution in [0.15, 0.2) is 70.0 Å². The van der Waals surface area contributed by atoms with Crippen molar-refractivity contribution in [3.63, 3.8) is 0 Å². The molecule has 5 aliphatic rings. The van der Waals surface area contributed by atoms with Gasteiger partial charge in [-0.05, 0) is 103 Å². The van der Waals surface area contributed by atoms with Gasteiger partial charge in [0.1, 0.15) is 11.6 Å². The van der Waals surface area contributed by atoms with Crippen LogP contribution >= 0.6 is 22.9 Å². The first-order valence-corrected chi connectivity index (χ1v) is 17.7. The van der Waals surface area contributed by atoms with E-state index < -0.39 is 11.3 Å². The van der Waals surface area contributed by atoms with E-state index in [0.29, 0.717) is 52.7 Å². The fourth-order valence-corrected chi connectivity index (χ4v) is 9.92. The lowest BCUT2D eigenvalue weighted by atomic mass is 9.71. The first-order valence-electron chi connectivity index (χ1n) is 16.5. The Balaban J connectivity index is 1.16. The molecule has 0 unspecified atom stereocenters. The van der Waals surface area contributed by atoms with Gasteiger partial charge < -0.3 is 14.6 Å². The van der Waals surface area contributed by atoms with E-state index >= 15 is 0 Å². The zero-order valence-electron chi connectivity index (χ0n) is 26.1. The lowest BCUT2D eigenvalue weighted by Gasteiger charge is -2.37. The Kier molecular flexibility index (Phi) is 6.27. The number of aryl methyl sites for hydroxylation is 3. The van der Waals surface area contributed by atoms with Crippen LogP contribution in [0.2, 0.25) is 5.02 Å². The molecule has 6 aromatic rings. The third kappa shape index (κ3) is 4.38. The summed E-state index contributed by atoms with van der Waals surface area (Å²) in [6.07, 6.45) is 6.50. The Morgan fingerprint density at radius 1 is 1.06 bits per heavy atom. The number of carbonyl (C=O) groups excluding carboxylic acids is 1. The molecule has 1 amide bonds. The quantitative estimate of drug-likeness (QED) is 0.179. The van der Waals surface area contributed by atoms with Crippen LogP contribution in [-0.2, 0) is 24.8 Å². The molecule has 2 bridgehead atoms. The van der Waals surface area contributed by atoms with Crippen molar-refractivity contribution in [2.24, 2.45) is 5.92 Å². The van der Waals surface area contributed by atoms with Crippen molar-refractivity contribution in [1.82, 2.24) is 25.1 Å². The zero-order valence-corrected chi connectivity index (χ0v) is 27.6. The largest absolute Gasteiger partial charge is 0.434 e. The maximum absolute atomic E-state index is 14.4. The van der Waals surface area contributed by atoms with E-state index in [-0.39, 0.29) is 23.7 Å². The second-order valence-electron chi connectivity index (χ2n) is 13.6. The maximum Gasteiger partial charge on any atom is 0.434 e. The van der Waals surface area contributed by atoms with E-state index in [2.05, 4.69) is 27.6 Å². The molecule has 244 valence electrons. The predicted octanol–water partition coefficient (Wildman–Crippen LogP) is 7.45. The van der Waals surface area contributed by atoms with Crippen LogP contribution in [0.5, 0.6) is 0 Å². The van der Waals surface area contributed by atoms with Gasteiger partial charge in [0.2, 0.25) is 0 Å². The third-order valence-corrected chi connectivity index (χ3v) is 12.2. The van der Waals surface area contributed by atoms with E-state index in [4.69, 9.17) is 26.0 Å². The van der Waals surface area contributed by atoms with Crippen LogP contribution in [0.25, 0.3) is 32.0 Å². The van der Waals surface area contributed by atoms with Gasteiger partial charge in [-0.2, -0.15) is 0 Å². The monoisotopic (exact) mass is 690 g/mol. The number of fused-ring (bicyclic) bond motifs is 3. The van der Waals surface area contributed by atoms with Crippen LogP contribution in [0.3, 0.4) is 0 Å². The minimum Gasteiger partial charge on any atom is -0.388 e. The number of aromatic nitrogens is 4. The summed E-state index contributed by atoms with van der Waals surface area (Å²) in [5.74, 6) is 0.287. The number of nitrogens with zero attached hydrogens (tertiary/aromatic N) is 4. The highest BCUT2D eigenvalue weighted by atomic mass is 35.5. The van der Waals surface area contributed by atoms with Crippen molar-refractivity contribution in [1.29, 1.82) is 0 Å². The number of hydrogen-bond donors (Lipinski definition) is 2. The summed E-state index contributed by atoms with van der Waals surface area (Å²) < 4.78 is 20.3. The molecule has 3 fully saturated rings. The molecule has 1 spiro atoms. The van der Waals surface area contributed by atoms with Gasteiger partial charge in [0.15, 0.2) is 0 Å². The van der Waals surface area contributed by atoms with Crippen LogP contribution in [0, 0.1) is 11.7 Å². The lowest BCUT2D eigenvalue weighted by Crippen LogP contribution is -2.40. The Hall–Kier alpha value is -4.87. The number of benzene rings is 2. The summed E-state index contributed by atoms with van der Waals surface area (Å²) in [6, 6.07) is 16.6. The molecule has 49 heavy (non-hydrogen) atoms. The number of H-pyrrole nitrogens is 1. The standard InChI is InChI=1S/C37H28ClFN6O3S/c38-22-6-4-20-5-10-25(24(20)14-22)42-33-31-21(11-12-40-33)13-27(49-31)29-28(34-43-44-36(47)48-34)26(9-3-18-1-7-23(39)8-2-18)41-32-30(29)35(46)45-17-19-15-37(32,45)16-19/h1-2,4,6-8,11-14,19,25H,3,5,9-10,15-17H2,(H,40,42)(H,44,47)/t19?,25-,37?/m1/s1. The van der Waals surface area contributed by atoms with E-state index in [1.807, 2.05) is 23.1 Å². The summed E-state index contributed by atoms with van der Waals surface area (Å²) >= 11 is 7.92. The molecule has 2 saturated heterocycles. The van der Waals surface area contributed by atoms with Crippen molar-refractivity contribution in [2.75, 3.05) is 11.9 Å². The first kappa shape index (κ1) is 29.1. The summed E-state index contributed by atoms with van der Waals surface area (Å²) in [7, 11) is 0. The second-order valence-corrected chi connectivity index (χ2v) is 15.1. The average Bonchev–Trinajstić information content (AvgIpc) is 3.93. The Morgan fingerprint density at radius 3 is 2.73 bits per heavy atom. The van der Waals surface area contributed by atoms with Gasteiger partial charge in [0, 0.05) is 28.2 Å². The van der Waals surface area contributed by atoms with Crippen LogP contribution in [0.4, 0.5) is 10.2 Å². The third-order valence-electron chi connectivity index (χ3n) is 10.8. The van der Waals surface area contributed by atoms with E-state index in [1.165, 1.54) is 23.3 Å². The average molecular weight is 691 g/mol. The van der Waals surface area contributed by atoms with E-state index in [1.54, 1.807) is 29.7 Å². The minimum atomic E-state index is -0.692. The fourth-order valence-electron chi connectivity index (χ4n) is 8.58. The van der Waals surface area contributed by atoms with Gasteiger partial charge in [-0.3, -0.25) is 9.78 Å². The molecular formula is C37H28ClFN6O3S. The van der Waals surface area contributed by atoms with Gasteiger partial charge in [-0.1, -0.05) is 29.8 Å². The van der Waals surface area contributed by atoms with Crippen LogP contribution in [-0.4, -0.2) is 37.5 Å². The van der Waals surface area contributed by atoms with Crippen molar-refractivity contribution < 1.29 is 13.6 Å². The summed E-state index contributed by atoms with van der Waals surface area (Å²) in [5, 5.41) is 12.1. The fraction of sp³-hybridized carbons (Fsp3) is 0.270. The number of anilines is 1. The van der Waals surface area contributed by atoms with E-state index in [9.17, 15) is 14.0 Å². The molecule has 2 aromatic carbocycles. The number of nitrogens with one attached hydrogen (secondary N) is 2. The highest BCUT2D eigenvalue weighted by Crippen LogP contribution is 2.63. The highest BCUT2D eigenvalue weighted by molar-refractivity contribution is 7.23. The van der Waals surface area contributed by atoms with E-state index in [0.717, 1.165) is 57.7 Å². The number of amides is 1. The molecule has 9 nitrogen and oxygen atoms in total. The Labute approximate surface area is 288 Å². The Bertz CT molecular complexity index is 2410. The smallest absolute Gasteiger partial charge is 0.388 e. The molecule has 7 heterocycles. The summed E-state index contributed by atoms with van der Waals surface area (Å²) in [4.78, 5) is 39.6. The molecule has 1 atom stereocenters. The van der Waals surface area contributed by atoms with Crippen molar-refractivity contribution in [3.8, 4) is 21.9 Å². The topological polar surface area (TPSA) is 117 Å². The summed E-state index contributed by atoms with van der Waals surface area (Å²) in [6.45, 7) is 0.712. The number of carbonyl (C=O) groups is 1. The predicted molar refractivity (Wildman–Crippen MR) is 184 cm³/mol. The number of pyridine rings is 2. The molecule has 0 radical (unpaired) electrons. The zero-order chi connectivity index (χ0) is 33.0. The second kappa shape index (κ2) is 10.6. The number of aromatic amines is 1. The number of thiophene rings is 1. The van der Waals surface area contributed by atoms with Gasteiger partial charge in [0.05, 0.1) is 38.8 Å². The van der Waals surface area contributed by atoms with Gasteiger partial charge in [-0.25, -0.2) is 19.3 Å². The van der Waals surface area contributed by atoms with Crippen molar-refractivity contribution in [3.05, 3.63) is 116 Å². The minimum absolute atomic E-state index is 0.0462. The first-order chi connectivity index (χ1) is 23.8. The maximum atomic E-state index is 14.4. The number of hydrogen-bond acceptors (Lipinski definition) is 8. The molecule has 12 heteroatoms. The SMILES string of the molecule is O=C1c2c(nc(CCc3ccc(F)cc3)c(-c3n[nH]c(=O)o3)c2-c2cc3ccnc(N[C@@H]4CCc5ccc(Cl)cc54)c3s2)C23CC(CN12)C3. The van der Waals surface area contributed by atoms with Gasteiger partial charge in [0.25, 0.3) is 11.8 Å². The molecule has 3 aliphatic heterocycles.